The topological polar surface area (TPSA) is 59.3 Å². The fraction of sp³-hybridized carbons (Fsp3) is 0.182. The van der Waals surface area contributed by atoms with Crippen LogP contribution in [0.4, 0.5) is 0 Å². The molecule has 4 rings (SSSR count). The third kappa shape index (κ3) is 2.25. The lowest BCUT2D eigenvalue weighted by Gasteiger charge is -2.17. The molecule has 3 aromatic rings. The third-order valence-electron chi connectivity index (χ3n) is 5.03. The van der Waals surface area contributed by atoms with E-state index in [-0.39, 0.29) is 12.6 Å². The summed E-state index contributed by atoms with van der Waals surface area (Å²) in [7, 11) is 1.62. The van der Waals surface area contributed by atoms with E-state index in [1.54, 1.807) is 19.2 Å². The molecule has 26 heavy (non-hydrogen) atoms. The number of hydrogen-bond acceptors (Lipinski definition) is 4. The molecule has 0 aromatic heterocycles. The number of hydrogen-bond donors (Lipinski definition) is 0. The van der Waals surface area contributed by atoms with Gasteiger partial charge in [0.2, 0.25) is 0 Å². The Morgan fingerprint density at radius 1 is 1.04 bits per heavy atom. The van der Waals surface area contributed by atoms with Crippen LogP contribution in [0.1, 0.15) is 32.6 Å². The van der Waals surface area contributed by atoms with Gasteiger partial charge >= 0.3 is 5.97 Å². The average molecular weight is 343 g/mol. The average Bonchev–Trinajstić information content (AvgIpc) is 3.02. The number of fused-ring (bicyclic) bond motifs is 2. The van der Waals surface area contributed by atoms with Crippen LogP contribution in [-0.2, 0) is 11.3 Å². The van der Waals surface area contributed by atoms with Crippen molar-refractivity contribution >= 4 is 16.7 Å². The smallest absolute Gasteiger partial charge is 0.339 e. The SMILES string of the molecule is COc1c2c(c(-c3ccc(C#N)cc3)c3cc(C)c(C)cc13)C(=O)OC2. The second-order valence-corrected chi connectivity index (χ2v) is 6.51. The fourth-order valence-electron chi connectivity index (χ4n) is 3.59. The second-order valence-electron chi connectivity index (χ2n) is 6.51. The fourth-order valence-corrected chi connectivity index (χ4v) is 3.59. The van der Waals surface area contributed by atoms with Crippen molar-refractivity contribution in [3.63, 3.8) is 0 Å². The summed E-state index contributed by atoms with van der Waals surface area (Å²) in [6.45, 7) is 4.32. The maximum absolute atomic E-state index is 12.5. The number of carbonyl (C=O) groups excluding carboxylic acids is 1. The zero-order chi connectivity index (χ0) is 18.4. The molecule has 0 bridgehead atoms. The van der Waals surface area contributed by atoms with E-state index < -0.39 is 0 Å². The van der Waals surface area contributed by atoms with E-state index in [0.717, 1.165) is 38.6 Å². The highest BCUT2D eigenvalue weighted by molar-refractivity contribution is 6.13. The number of aryl methyl sites for hydroxylation is 2. The molecule has 0 radical (unpaired) electrons. The molecule has 0 fully saturated rings. The number of rotatable bonds is 2. The van der Waals surface area contributed by atoms with Crippen molar-refractivity contribution in [2.45, 2.75) is 20.5 Å². The summed E-state index contributed by atoms with van der Waals surface area (Å²) >= 11 is 0. The molecule has 0 spiro atoms. The highest BCUT2D eigenvalue weighted by Crippen LogP contribution is 2.45. The molecule has 4 nitrogen and oxygen atoms in total. The summed E-state index contributed by atoms with van der Waals surface area (Å²) in [5.74, 6) is 0.360. The molecule has 0 unspecified atom stereocenters. The number of nitriles is 1. The van der Waals surface area contributed by atoms with Crippen molar-refractivity contribution in [2.24, 2.45) is 0 Å². The zero-order valence-electron chi connectivity index (χ0n) is 14.8. The standard InChI is InChI=1S/C22H17NO3/c1-12-8-16-17(9-13(12)2)21(25-3)18-11-26-22(24)20(18)19(16)15-6-4-14(10-23)5-7-15/h4-9H,11H2,1-3H3. The first-order chi connectivity index (χ1) is 12.5. The molecular weight excluding hydrogens is 326 g/mol. The quantitative estimate of drug-likeness (QED) is 0.634. The Morgan fingerprint density at radius 2 is 1.69 bits per heavy atom. The van der Waals surface area contributed by atoms with Crippen molar-refractivity contribution in [3.05, 3.63) is 64.2 Å². The summed E-state index contributed by atoms with van der Waals surface area (Å²) in [6.07, 6.45) is 0. The van der Waals surface area contributed by atoms with Crippen LogP contribution in [-0.4, -0.2) is 13.1 Å². The van der Waals surface area contributed by atoms with Crippen LogP contribution >= 0.6 is 0 Å². The first kappa shape index (κ1) is 16.2. The molecule has 0 aliphatic carbocycles. The van der Waals surface area contributed by atoms with Crippen LogP contribution in [0.5, 0.6) is 5.75 Å². The van der Waals surface area contributed by atoms with Gasteiger partial charge in [0, 0.05) is 16.5 Å². The van der Waals surface area contributed by atoms with Gasteiger partial charge in [-0.2, -0.15) is 5.26 Å². The third-order valence-corrected chi connectivity index (χ3v) is 5.03. The molecule has 0 amide bonds. The van der Waals surface area contributed by atoms with Crippen LogP contribution in [0.15, 0.2) is 36.4 Å². The Bertz CT molecular complexity index is 1110. The maximum atomic E-state index is 12.5. The van der Waals surface area contributed by atoms with Gasteiger partial charge in [-0.05, 0) is 54.1 Å². The molecule has 128 valence electrons. The minimum atomic E-state index is -0.335. The van der Waals surface area contributed by atoms with E-state index in [0.29, 0.717) is 16.9 Å². The molecule has 1 aliphatic rings. The number of esters is 1. The number of methoxy groups -OCH3 is 1. The second kappa shape index (κ2) is 5.89. The largest absolute Gasteiger partial charge is 0.496 e. The summed E-state index contributed by atoms with van der Waals surface area (Å²) in [5, 5.41) is 11.0. The Balaban J connectivity index is 2.17. The Kier molecular flexibility index (Phi) is 3.66. The van der Waals surface area contributed by atoms with Crippen LogP contribution in [0.3, 0.4) is 0 Å². The summed E-state index contributed by atoms with van der Waals surface area (Å²) in [6, 6.07) is 13.6. The van der Waals surface area contributed by atoms with Crippen LogP contribution in [0, 0.1) is 25.2 Å². The van der Waals surface area contributed by atoms with Gasteiger partial charge in [0.15, 0.2) is 0 Å². The molecule has 0 atom stereocenters. The van der Waals surface area contributed by atoms with Crippen molar-refractivity contribution in [1.29, 1.82) is 5.26 Å². The minimum Gasteiger partial charge on any atom is -0.496 e. The number of nitrogens with zero attached hydrogens (tertiary/aromatic N) is 1. The van der Waals surface area contributed by atoms with Gasteiger partial charge in [-0.3, -0.25) is 0 Å². The van der Waals surface area contributed by atoms with Gasteiger partial charge in [-0.15, -0.1) is 0 Å². The van der Waals surface area contributed by atoms with Gasteiger partial charge < -0.3 is 9.47 Å². The molecule has 4 heteroatoms. The van der Waals surface area contributed by atoms with Crippen molar-refractivity contribution < 1.29 is 14.3 Å². The lowest BCUT2D eigenvalue weighted by molar-refractivity contribution is 0.0535. The minimum absolute atomic E-state index is 0.212. The van der Waals surface area contributed by atoms with Crippen molar-refractivity contribution in [1.82, 2.24) is 0 Å². The normalized spacial score (nSPS) is 12.6. The number of cyclic esters (lactones) is 1. The molecular formula is C22H17NO3. The molecule has 0 saturated heterocycles. The predicted octanol–water partition coefficient (Wildman–Crippen LogP) is 4.67. The molecule has 0 saturated carbocycles. The van der Waals surface area contributed by atoms with Crippen LogP contribution < -0.4 is 4.74 Å². The summed E-state index contributed by atoms with van der Waals surface area (Å²) in [5.41, 5.74) is 5.95. The Hall–Kier alpha value is -3.32. The van der Waals surface area contributed by atoms with E-state index >= 15 is 0 Å². The van der Waals surface area contributed by atoms with E-state index in [1.807, 2.05) is 12.1 Å². The van der Waals surface area contributed by atoms with Gasteiger partial charge in [0.25, 0.3) is 0 Å². The lowest BCUT2D eigenvalue weighted by atomic mass is 9.88. The first-order valence-corrected chi connectivity index (χ1v) is 8.36. The van der Waals surface area contributed by atoms with Crippen molar-refractivity contribution in [3.8, 4) is 22.9 Å². The van der Waals surface area contributed by atoms with E-state index in [1.165, 1.54) is 0 Å². The van der Waals surface area contributed by atoms with Gasteiger partial charge in [0.1, 0.15) is 12.4 Å². The maximum Gasteiger partial charge on any atom is 0.339 e. The van der Waals surface area contributed by atoms with Gasteiger partial charge in [-0.1, -0.05) is 18.2 Å². The number of carbonyl (C=O) groups is 1. The predicted molar refractivity (Wildman–Crippen MR) is 99.2 cm³/mol. The monoisotopic (exact) mass is 343 g/mol. The van der Waals surface area contributed by atoms with Crippen LogP contribution in [0.2, 0.25) is 0 Å². The Morgan fingerprint density at radius 3 is 2.31 bits per heavy atom. The molecule has 0 N–H and O–H groups in total. The lowest BCUT2D eigenvalue weighted by Crippen LogP contribution is -2.02. The number of benzene rings is 3. The highest BCUT2D eigenvalue weighted by atomic mass is 16.5. The Labute approximate surface area is 151 Å². The molecule has 1 heterocycles. The summed E-state index contributed by atoms with van der Waals surface area (Å²) in [4.78, 5) is 12.5. The number of ether oxygens (including phenoxy) is 2. The van der Waals surface area contributed by atoms with E-state index in [4.69, 9.17) is 14.7 Å². The van der Waals surface area contributed by atoms with E-state index in [9.17, 15) is 4.79 Å². The van der Waals surface area contributed by atoms with Crippen LogP contribution in [0.25, 0.3) is 21.9 Å². The summed E-state index contributed by atoms with van der Waals surface area (Å²) < 4.78 is 11.0. The highest BCUT2D eigenvalue weighted by Gasteiger charge is 2.32. The van der Waals surface area contributed by atoms with Crippen molar-refractivity contribution in [2.75, 3.05) is 7.11 Å². The van der Waals surface area contributed by atoms with E-state index in [2.05, 4.69) is 32.0 Å². The van der Waals surface area contributed by atoms with Gasteiger partial charge in [-0.25, -0.2) is 4.79 Å². The molecule has 3 aromatic carbocycles. The first-order valence-electron chi connectivity index (χ1n) is 8.36. The zero-order valence-corrected chi connectivity index (χ0v) is 14.8. The molecule has 1 aliphatic heterocycles. The van der Waals surface area contributed by atoms with Gasteiger partial charge in [0.05, 0.1) is 24.3 Å².